The summed E-state index contributed by atoms with van der Waals surface area (Å²) in [5.41, 5.74) is 1.02. The number of ether oxygens (including phenoxy) is 4. The first-order chi connectivity index (χ1) is 12.0. The highest BCUT2D eigenvalue weighted by Gasteiger charge is 2.57. The number of methoxy groups -OCH3 is 4. The van der Waals surface area contributed by atoms with E-state index in [2.05, 4.69) is 0 Å². The second-order valence-corrected chi connectivity index (χ2v) is 5.31. The van der Waals surface area contributed by atoms with Crippen LogP contribution in [0.25, 0.3) is 0 Å². The zero-order valence-corrected chi connectivity index (χ0v) is 14.7. The first kappa shape index (κ1) is 19.1. The number of hydrogen-bond acceptors (Lipinski definition) is 6. The van der Waals surface area contributed by atoms with Gasteiger partial charge in [0.1, 0.15) is 0 Å². The molecule has 0 saturated heterocycles. The van der Waals surface area contributed by atoms with Crippen molar-refractivity contribution in [3.8, 4) is 0 Å². The number of aliphatic hydroxyl groups is 1. The van der Waals surface area contributed by atoms with Crippen molar-refractivity contribution < 1.29 is 28.8 Å². The van der Waals surface area contributed by atoms with Gasteiger partial charge in [-0.05, 0) is 24.3 Å². The van der Waals surface area contributed by atoms with E-state index in [4.69, 9.17) is 18.9 Å². The van der Waals surface area contributed by atoms with Gasteiger partial charge in [0.25, 0.3) is 11.6 Å². The third-order valence-corrected chi connectivity index (χ3v) is 4.10. The molecule has 0 aliphatic heterocycles. The van der Waals surface area contributed by atoms with Crippen molar-refractivity contribution in [2.45, 2.75) is 11.6 Å². The van der Waals surface area contributed by atoms with Crippen molar-refractivity contribution in [1.29, 1.82) is 0 Å². The molecule has 0 spiro atoms. The summed E-state index contributed by atoms with van der Waals surface area (Å²) < 4.78 is 21.2. The summed E-state index contributed by atoms with van der Waals surface area (Å²) in [6.07, 6.45) is 6.08. The molecule has 0 saturated carbocycles. The highest BCUT2D eigenvalue weighted by molar-refractivity contribution is 6.04. The Balaban J connectivity index is 2.41. The zero-order chi connectivity index (χ0) is 18.5. The predicted octanol–water partition coefficient (Wildman–Crippen LogP) is 2.22. The Kier molecular flexibility index (Phi) is 5.92. The third kappa shape index (κ3) is 3.29. The zero-order valence-electron chi connectivity index (χ0n) is 14.7. The van der Waals surface area contributed by atoms with Crippen LogP contribution in [0.15, 0.2) is 66.0 Å². The molecule has 2 rings (SSSR count). The first-order valence-electron chi connectivity index (χ1n) is 7.61. The maximum absolute atomic E-state index is 12.2. The Bertz CT molecular complexity index is 700. The van der Waals surface area contributed by atoms with Crippen LogP contribution in [-0.4, -0.2) is 50.9 Å². The summed E-state index contributed by atoms with van der Waals surface area (Å²) in [6.45, 7) is 0. The van der Waals surface area contributed by atoms with Gasteiger partial charge in [0.15, 0.2) is 11.5 Å². The Labute approximate surface area is 147 Å². The molecule has 25 heavy (non-hydrogen) atoms. The van der Waals surface area contributed by atoms with Gasteiger partial charge in [-0.3, -0.25) is 4.79 Å². The average Bonchev–Trinajstić information content (AvgIpc) is 2.67. The van der Waals surface area contributed by atoms with Crippen molar-refractivity contribution >= 4 is 5.78 Å². The Morgan fingerprint density at radius 2 is 1.68 bits per heavy atom. The highest BCUT2D eigenvalue weighted by Crippen LogP contribution is 2.41. The van der Waals surface area contributed by atoms with Gasteiger partial charge >= 0.3 is 0 Å². The topological polar surface area (TPSA) is 74.2 Å². The van der Waals surface area contributed by atoms with Gasteiger partial charge in [0, 0.05) is 32.5 Å². The van der Waals surface area contributed by atoms with Crippen LogP contribution in [0.4, 0.5) is 0 Å². The molecule has 1 aromatic carbocycles. The van der Waals surface area contributed by atoms with Crippen LogP contribution in [0.2, 0.25) is 0 Å². The molecule has 0 aromatic heterocycles. The Morgan fingerprint density at radius 1 is 1.04 bits per heavy atom. The van der Waals surface area contributed by atoms with Crippen LogP contribution in [-0.2, 0) is 18.9 Å². The van der Waals surface area contributed by atoms with Gasteiger partial charge in [-0.25, -0.2) is 0 Å². The average molecular weight is 346 g/mol. The number of ketones is 1. The molecule has 1 unspecified atom stereocenters. The molecular formula is C19H22O6. The molecule has 134 valence electrons. The van der Waals surface area contributed by atoms with E-state index in [1.807, 2.05) is 6.07 Å². The summed E-state index contributed by atoms with van der Waals surface area (Å²) in [5, 5.41) is 11.0. The molecule has 0 bridgehead atoms. The second kappa shape index (κ2) is 7.76. The maximum atomic E-state index is 12.2. The standard InChI is InChI=1S/C19H22O6/c1-22-17-15(10-11-16(20)14-8-6-5-7-9-14)12-13-18(23-2,24-3)19(17,21)25-4/h5-13,21H,1-4H3. The molecule has 0 radical (unpaired) electrons. The largest absolute Gasteiger partial charge is 0.495 e. The highest BCUT2D eigenvalue weighted by atomic mass is 16.8. The SMILES string of the molecule is COC1=C(C=CC(=O)c2ccccc2)C=CC(OC)(OC)C1(O)OC. The normalized spacial score (nSPS) is 22.4. The van der Waals surface area contributed by atoms with Crippen molar-refractivity contribution in [2.75, 3.05) is 28.4 Å². The van der Waals surface area contributed by atoms with E-state index in [9.17, 15) is 9.90 Å². The summed E-state index contributed by atoms with van der Waals surface area (Å²) >= 11 is 0. The lowest BCUT2D eigenvalue weighted by Gasteiger charge is -2.44. The lowest BCUT2D eigenvalue weighted by molar-refractivity contribution is -0.352. The van der Waals surface area contributed by atoms with Crippen LogP contribution in [0.5, 0.6) is 0 Å². The third-order valence-electron chi connectivity index (χ3n) is 4.10. The molecule has 0 amide bonds. The fourth-order valence-electron chi connectivity index (χ4n) is 2.72. The van der Waals surface area contributed by atoms with E-state index in [0.717, 1.165) is 0 Å². The van der Waals surface area contributed by atoms with Crippen molar-refractivity contribution in [3.63, 3.8) is 0 Å². The monoisotopic (exact) mass is 346 g/mol. The van der Waals surface area contributed by atoms with Gasteiger partial charge in [0.2, 0.25) is 0 Å². The lowest BCUT2D eigenvalue weighted by Crippen LogP contribution is -2.59. The lowest BCUT2D eigenvalue weighted by atomic mass is 9.92. The number of benzene rings is 1. The molecule has 6 nitrogen and oxygen atoms in total. The minimum absolute atomic E-state index is 0.0679. The van der Waals surface area contributed by atoms with E-state index < -0.39 is 11.6 Å². The quantitative estimate of drug-likeness (QED) is 0.464. The molecule has 1 aromatic rings. The Hall–Kier alpha value is -2.25. The van der Waals surface area contributed by atoms with E-state index in [0.29, 0.717) is 11.1 Å². The van der Waals surface area contributed by atoms with E-state index in [1.54, 1.807) is 36.4 Å². The molecule has 0 heterocycles. The minimum atomic E-state index is -2.02. The molecule has 6 heteroatoms. The second-order valence-electron chi connectivity index (χ2n) is 5.31. The van der Waals surface area contributed by atoms with E-state index in [1.165, 1.54) is 40.6 Å². The van der Waals surface area contributed by atoms with Gasteiger partial charge in [-0.1, -0.05) is 30.3 Å². The fourth-order valence-corrected chi connectivity index (χ4v) is 2.72. The summed E-state index contributed by atoms with van der Waals surface area (Å²) in [4.78, 5) is 12.2. The smallest absolute Gasteiger partial charge is 0.286 e. The van der Waals surface area contributed by atoms with Crippen LogP contribution >= 0.6 is 0 Å². The van der Waals surface area contributed by atoms with Gasteiger partial charge in [0.05, 0.1) is 7.11 Å². The summed E-state index contributed by atoms with van der Waals surface area (Å²) in [5.74, 6) is -3.70. The van der Waals surface area contributed by atoms with Crippen LogP contribution in [0.3, 0.4) is 0 Å². The predicted molar refractivity (Wildman–Crippen MR) is 91.8 cm³/mol. The maximum Gasteiger partial charge on any atom is 0.286 e. The number of carbonyl (C=O) groups is 1. The summed E-state index contributed by atoms with van der Waals surface area (Å²) in [7, 11) is 5.46. The van der Waals surface area contributed by atoms with Gasteiger partial charge in [-0.15, -0.1) is 0 Å². The molecule has 1 aliphatic carbocycles. The molecular weight excluding hydrogens is 324 g/mol. The molecule has 0 fully saturated rings. The number of rotatable bonds is 7. The molecule has 1 N–H and O–H groups in total. The van der Waals surface area contributed by atoms with Gasteiger partial charge < -0.3 is 24.1 Å². The minimum Gasteiger partial charge on any atom is -0.495 e. The number of hydrogen-bond donors (Lipinski definition) is 1. The van der Waals surface area contributed by atoms with Crippen molar-refractivity contribution in [3.05, 3.63) is 71.5 Å². The first-order valence-corrected chi connectivity index (χ1v) is 7.61. The number of carbonyl (C=O) groups excluding carboxylic acids is 1. The Morgan fingerprint density at radius 3 is 2.20 bits per heavy atom. The van der Waals surface area contributed by atoms with Crippen LogP contribution in [0, 0.1) is 0 Å². The number of allylic oxidation sites excluding steroid dienone is 4. The van der Waals surface area contributed by atoms with Crippen molar-refractivity contribution in [2.24, 2.45) is 0 Å². The molecule has 1 atom stereocenters. The van der Waals surface area contributed by atoms with Gasteiger partial charge in [-0.2, -0.15) is 0 Å². The van der Waals surface area contributed by atoms with Crippen LogP contribution in [0.1, 0.15) is 10.4 Å². The fraction of sp³-hybridized carbons (Fsp3) is 0.316. The van der Waals surface area contributed by atoms with E-state index in [-0.39, 0.29) is 11.5 Å². The van der Waals surface area contributed by atoms with Crippen molar-refractivity contribution in [1.82, 2.24) is 0 Å². The summed E-state index contributed by atoms with van der Waals surface area (Å²) in [6, 6.07) is 8.86. The van der Waals surface area contributed by atoms with E-state index >= 15 is 0 Å². The molecule has 1 aliphatic rings. The van der Waals surface area contributed by atoms with Crippen LogP contribution < -0.4 is 0 Å².